The molecular weight excluding hydrogens is 548 g/mol. The first-order valence-corrected chi connectivity index (χ1v) is 13.2. The third-order valence-corrected chi connectivity index (χ3v) is 7.30. The number of nitrogens with one attached hydrogen (secondary N) is 1. The first kappa shape index (κ1) is 29.1. The van der Waals surface area contributed by atoms with Gasteiger partial charge in [-0.15, -0.1) is 0 Å². The quantitative estimate of drug-likeness (QED) is 0.146. The SMILES string of the molecule is C=CCOc1ccc(/C=N\NC(=O)CN(c2cc(Cl)ccc2OC)S(=O)(=O)c2ccc(C)c([N+](=O)[O-])c2)cc1. The molecule has 204 valence electrons. The molecule has 0 aromatic heterocycles. The highest BCUT2D eigenvalue weighted by molar-refractivity contribution is 7.92. The Morgan fingerprint density at radius 1 is 1.18 bits per heavy atom. The number of benzene rings is 3. The standard InChI is InChI=1S/C26H25ClN4O7S/c1-4-13-38-21-9-6-19(7-10-21)16-28-29-26(32)17-30(24-14-20(27)8-12-25(24)37-3)39(35,36)22-11-5-18(2)23(15-22)31(33)34/h4-12,14-16H,1,13,17H2,2-3H3,(H,29,32)/b28-16-. The van der Waals surface area contributed by atoms with Crippen LogP contribution in [0.25, 0.3) is 0 Å². The molecule has 0 fully saturated rings. The first-order valence-electron chi connectivity index (χ1n) is 11.3. The van der Waals surface area contributed by atoms with Crippen LogP contribution in [0.5, 0.6) is 11.5 Å². The molecule has 3 aromatic rings. The van der Waals surface area contributed by atoms with Crippen LogP contribution in [0.4, 0.5) is 11.4 Å². The number of carbonyl (C=O) groups is 1. The number of nitro groups is 1. The number of hydrogen-bond acceptors (Lipinski definition) is 8. The van der Waals surface area contributed by atoms with Gasteiger partial charge in [0.15, 0.2) is 0 Å². The molecule has 0 aliphatic heterocycles. The Morgan fingerprint density at radius 2 is 1.90 bits per heavy atom. The van der Waals surface area contributed by atoms with E-state index in [1.165, 1.54) is 50.6 Å². The number of nitro benzene ring substituents is 1. The number of carbonyl (C=O) groups excluding carboxylic acids is 1. The Hall–Kier alpha value is -4.42. The van der Waals surface area contributed by atoms with Gasteiger partial charge >= 0.3 is 0 Å². The zero-order valence-electron chi connectivity index (χ0n) is 21.0. The fourth-order valence-electron chi connectivity index (χ4n) is 3.38. The molecule has 0 saturated heterocycles. The van der Waals surface area contributed by atoms with E-state index >= 15 is 0 Å². The smallest absolute Gasteiger partial charge is 0.273 e. The fraction of sp³-hybridized carbons (Fsp3) is 0.154. The van der Waals surface area contributed by atoms with Gasteiger partial charge in [-0.3, -0.25) is 19.2 Å². The van der Waals surface area contributed by atoms with Gasteiger partial charge in [-0.1, -0.05) is 30.3 Å². The number of amides is 1. The van der Waals surface area contributed by atoms with E-state index < -0.39 is 32.3 Å². The summed E-state index contributed by atoms with van der Waals surface area (Å²) in [5.74, 6) is -0.0483. The average Bonchev–Trinajstić information content (AvgIpc) is 2.91. The Kier molecular flexibility index (Phi) is 9.63. The molecule has 13 heteroatoms. The maximum atomic E-state index is 13.7. The molecule has 3 aromatic carbocycles. The highest BCUT2D eigenvalue weighted by Gasteiger charge is 2.31. The lowest BCUT2D eigenvalue weighted by molar-refractivity contribution is -0.385. The van der Waals surface area contributed by atoms with Crippen molar-refractivity contribution in [1.82, 2.24) is 5.43 Å². The Morgan fingerprint density at radius 3 is 2.54 bits per heavy atom. The number of methoxy groups -OCH3 is 1. The van der Waals surface area contributed by atoms with Crippen molar-refractivity contribution >= 4 is 45.1 Å². The van der Waals surface area contributed by atoms with Crippen LogP contribution in [0.15, 0.2) is 83.3 Å². The number of aryl methyl sites for hydroxylation is 1. The van der Waals surface area contributed by atoms with Gasteiger partial charge in [0.2, 0.25) is 0 Å². The number of sulfonamides is 1. The third kappa shape index (κ3) is 7.33. The number of halogens is 1. The molecule has 0 aliphatic carbocycles. The van der Waals surface area contributed by atoms with Gasteiger partial charge in [-0.25, -0.2) is 13.8 Å². The Balaban J connectivity index is 1.91. The Bertz CT molecular complexity index is 1510. The van der Waals surface area contributed by atoms with Gasteiger partial charge in [-0.2, -0.15) is 5.10 Å². The molecule has 0 bridgehead atoms. The molecule has 0 unspecified atom stereocenters. The molecule has 11 nitrogen and oxygen atoms in total. The van der Waals surface area contributed by atoms with Crippen molar-refractivity contribution in [2.24, 2.45) is 5.10 Å². The van der Waals surface area contributed by atoms with Crippen molar-refractivity contribution in [3.8, 4) is 11.5 Å². The molecule has 0 heterocycles. The lowest BCUT2D eigenvalue weighted by Gasteiger charge is -2.25. The average molecular weight is 573 g/mol. The monoisotopic (exact) mass is 572 g/mol. The predicted octanol–water partition coefficient (Wildman–Crippen LogP) is 4.48. The zero-order valence-corrected chi connectivity index (χ0v) is 22.6. The summed E-state index contributed by atoms with van der Waals surface area (Å²) in [7, 11) is -3.18. The molecular formula is C26H25ClN4O7S. The van der Waals surface area contributed by atoms with Crippen molar-refractivity contribution in [2.75, 3.05) is 24.6 Å². The van der Waals surface area contributed by atoms with Crippen LogP contribution in [0, 0.1) is 17.0 Å². The summed E-state index contributed by atoms with van der Waals surface area (Å²) in [6.07, 6.45) is 2.99. The van der Waals surface area contributed by atoms with Crippen LogP contribution >= 0.6 is 11.6 Å². The van der Waals surface area contributed by atoms with Crippen LogP contribution in [-0.4, -0.2) is 45.7 Å². The summed E-state index contributed by atoms with van der Waals surface area (Å²) < 4.78 is 38.9. The molecule has 0 atom stereocenters. The minimum Gasteiger partial charge on any atom is -0.495 e. The van der Waals surface area contributed by atoms with E-state index in [-0.39, 0.29) is 27.7 Å². The lowest BCUT2D eigenvalue weighted by Crippen LogP contribution is -2.39. The molecule has 0 saturated carbocycles. The van der Waals surface area contributed by atoms with E-state index in [1.807, 2.05) is 0 Å². The van der Waals surface area contributed by atoms with Crippen LogP contribution in [0.2, 0.25) is 5.02 Å². The van der Waals surface area contributed by atoms with Crippen molar-refractivity contribution in [1.29, 1.82) is 0 Å². The van der Waals surface area contributed by atoms with Crippen LogP contribution in [-0.2, 0) is 14.8 Å². The van der Waals surface area contributed by atoms with Gasteiger partial charge in [0.05, 0.1) is 28.8 Å². The van der Waals surface area contributed by atoms with Gasteiger partial charge in [0, 0.05) is 16.7 Å². The molecule has 0 aliphatic rings. The maximum Gasteiger partial charge on any atom is 0.273 e. The third-order valence-electron chi connectivity index (χ3n) is 5.31. The maximum absolute atomic E-state index is 13.7. The lowest BCUT2D eigenvalue weighted by atomic mass is 10.2. The number of hydrazone groups is 1. The van der Waals surface area contributed by atoms with Crippen molar-refractivity contribution in [3.05, 3.63) is 99.6 Å². The second-order valence-electron chi connectivity index (χ2n) is 8.00. The van der Waals surface area contributed by atoms with E-state index in [1.54, 1.807) is 30.3 Å². The van der Waals surface area contributed by atoms with Crippen molar-refractivity contribution < 1.29 is 27.6 Å². The number of nitrogens with zero attached hydrogens (tertiary/aromatic N) is 3. The normalized spacial score (nSPS) is 11.2. The van der Waals surface area contributed by atoms with Crippen LogP contribution < -0.4 is 19.2 Å². The highest BCUT2D eigenvalue weighted by atomic mass is 35.5. The molecule has 39 heavy (non-hydrogen) atoms. The summed E-state index contributed by atoms with van der Waals surface area (Å²) in [4.78, 5) is 23.2. The first-order chi connectivity index (χ1) is 18.6. The van der Waals surface area contributed by atoms with Gasteiger partial charge in [0.1, 0.15) is 24.7 Å². The number of rotatable bonds is 12. The number of hydrogen-bond donors (Lipinski definition) is 1. The summed E-state index contributed by atoms with van der Waals surface area (Å²) in [6, 6.07) is 14.6. The molecule has 1 amide bonds. The van der Waals surface area contributed by atoms with Crippen molar-refractivity contribution in [2.45, 2.75) is 11.8 Å². The minimum atomic E-state index is -4.50. The number of anilines is 1. The second kappa shape index (κ2) is 12.9. The van der Waals surface area contributed by atoms with Crippen LogP contribution in [0.1, 0.15) is 11.1 Å². The van der Waals surface area contributed by atoms with E-state index in [9.17, 15) is 23.3 Å². The minimum absolute atomic E-state index is 0.0394. The molecule has 0 radical (unpaired) electrons. The molecule has 3 rings (SSSR count). The van der Waals surface area contributed by atoms with Gasteiger partial charge in [0.25, 0.3) is 21.6 Å². The van der Waals surface area contributed by atoms with E-state index in [2.05, 4.69) is 17.1 Å². The molecule has 0 spiro atoms. The Labute approximate surface area is 230 Å². The summed E-state index contributed by atoms with van der Waals surface area (Å²) in [5, 5.41) is 15.5. The van der Waals surface area contributed by atoms with E-state index in [0.717, 1.165) is 10.4 Å². The van der Waals surface area contributed by atoms with Crippen LogP contribution in [0.3, 0.4) is 0 Å². The van der Waals surface area contributed by atoms with E-state index in [0.29, 0.717) is 17.9 Å². The fourth-order valence-corrected chi connectivity index (χ4v) is 4.99. The van der Waals surface area contributed by atoms with Gasteiger partial charge < -0.3 is 9.47 Å². The summed E-state index contributed by atoms with van der Waals surface area (Å²) in [5.41, 5.74) is 2.79. The van der Waals surface area contributed by atoms with Gasteiger partial charge in [-0.05, 0) is 61.0 Å². The zero-order chi connectivity index (χ0) is 28.6. The van der Waals surface area contributed by atoms with E-state index in [4.69, 9.17) is 21.1 Å². The summed E-state index contributed by atoms with van der Waals surface area (Å²) in [6.45, 7) is 4.70. The number of ether oxygens (including phenoxy) is 2. The topological polar surface area (TPSA) is 140 Å². The predicted molar refractivity (Wildman–Crippen MR) is 148 cm³/mol. The second-order valence-corrected chi connectivity index (χ2v) is 10.3. The van der Waals surface area contributed by atoms with Crippen molar-refractivity contribution in [3.63, 3.8) is 0 Å². The molecule has 1 N–H and O–H groups in total. The largest absolute Gasteiger partial charge is 0.495 e. The summed E-state index contributed by atoms with van der Waals surface area (Å²) >= 11 is 6.12. The highest BCUT2D eigenvalue weighted by Crippen LogP contribution is 2.35.